The van der Waals surface area contributed by atoms with E-state index in [1.807, 2.05) is 13.8 Å². The van der Waals surface area contributed by atoms with E-state index in [1.54, 1.807) is 0 Å². The molecule has 8 heteroatoms. The molecule has 0 radical (unpaired) electrons. The number of carbonyl (C=O) groups excluding carboxylic acids is 1. The van der Waals surface area contributed by atoms with Crippen molar-refractivity contribution >= 4 is 39.1 Å². The first-order chi connectivity index (χ1) is 9.26. The Kier molecular flexibility index (Phi) is 6.26. The van der Waals surface area contributed by atoms with E-state index in [0.717, 1.165) is 6.42 Å². The molecule has 0 aliphatic heterocycles. The summed E-state index contributed by atoms with van der Waals surface area (Å²) in [6.45, 7) is 3.40. The van der Waals surface area contributed by atoms with Crippen LogP contribution in [0.3, 0.4) is 0 Å². The number of amides is 1. The molecule has 5 nitrogen and oxygen atoms in total. The Labute approximate surface area is 128 Å². The van der Waals surface area contributed by atoms with Gasteiger partial charge in [-0.15, -0.1) is 0 Å². The summed E-state index contributed by atoms with van der Waals surface area (Å²) in [7, 11) is -3.88. The first-order valence-electron chi connectivity index (χ1n) is 6.00. The van der Waals surface area contributed by atoms with Crippen LogP contribution in [0.25, 0.3) is 0 Å². The van der Waals surface area contributed by atoms with E-state index < -0.39 is 15.9 Å². The minimum atomic E-state index is -3.88. The van der Waals surface area contributed by atoms with E-state index in [0.29, 0.717) is 0 Å². The number of sulfonamides is 1. The van der Waals surface area contributed by atoms with E-state index in [9.17, 15) is 13.2 Å². The smallest absolute Gasteiger partial charge is 0.242 e. The number of hydrogen-bond donors (Lipinski definition) is 2. The van der Waals surface area contributed by atoms with Gasteiger partial charge in [-0.25, -0.2) is 13.1 Å². The summed E-state index contributed by atoms with van der Waals surface area (Å²) in [5, 5.41) is 2.95. The molecule has 0 heterocycles. The van der Waals surface area contributed by atoms with E-state index in [-0.39, 0.29) is 27.5 Å². The monoisotopic (exact) mass is 338 g/mol. The summed E-state index contributed by atoms with van der Waals surface area (Å²) < 4.78 is 26.3. The lowest BCUT2D eigenvalue weighted by Gasteiger charge is -2.12. The van der Waals surface area contributed by atoms with E-state index >= 15 is 0 Å². The summed E-state index contributed by atoms with van der Waals surface area (Å²) in [5.74, 6) is -0.402. The third-order valence-electron chi connectivity index (χ3n) is 2.63. The number of hydrogen-bond acceptors (Lipinski definition) is 3. The number of nitrogens with one attached hydrogen (secondary N) is 2. The van der Waals surface area contributed by atoms with Gasteiger partial charge in [-0.1, -0.05) is 30.1 Å². The van der Waals surface area contributed by atoms with Crippen molar-refractivity contribution in [1.29, 1.82) is 0 Å². The first kappa shape index (κ1) is 17.2. The fourth-order valence-corrected chi connectivity index (χ4v) is 3.09. The maximum Gasteiger partial charge on any atom is 0.242 e. The topological polar surface area (TPSA) is 75.3 Å². The van der Waals surface area contributed by atoms with E-state index in [4.69, 9.17) is 23.2 Å². The van der Waals surface area contributed by atoms with E-state index in [2.05, 4.69) is 10.0 Å². The molecule has 1 rings (SSSR count). The van der Waals surface area contributed by atoms with Crippen molar-refractivity contribution in [2.24, 2.45) is 0 Å². The summed E-state index contributed by atoms with van der Waals surface area (Å²) in [6.07, 6.45) is 0.763. The Bertz CT molecular complexity index is 590. The van der Waals surface area contributed by atoms with Crippen molar-refractivity contribution < 1.29 is 13.2 Å². The largest absolute Gasteiger partial charge is 0.353 e. The molecule has 0 spiro atoms. The summed E-state index contributed by atoms with van der Waals surface area (Å²) in [4.78, 5) is 11.4. The molecule has 112 valence electrons. The molecule has 1 amide bonds. The maximum atomic E-state index is 12.0. The van der Waals surface area contributed by atoms with Crippen molar-refractivity contribution in [1.82, 2.24) is 10.0 Å². The van der Waals surface area contributed by atoms with Gasteiger partial charge >= 0.3 is 0 Å². The molecule has 0 saturated heterocycles. The standard InChI is InChI=1S/C12H16Cl2N2O3S/c1-3-8(2)16-12(17)7-15-20(18,19)11-6-9(13)4-5-10(11)14/h4-6,8,15H,3,7H2,1-2H3,(H,16,17)/t8-/m1/s1. The quantitative estimate of drug-likeness (QED) is 0.834. The van der Waals surface area contributed by atoms with Gasteiger partial charge in [0.15, 0.2) is 0 Å². The molecule has 0 bridgehead atoms. The molecule has 1 atom stereocenters. The predicted octanol–water partition coefficient (Wildman–Crippen LogP) is 2.19. The van der Waals surface area contributed by atoms with Gasteiger partial charge in [0.05, 0.1) is 11.6 Å². The zero-order chi connectivity index (χ0) is 15.3. The average molecular weight is 339 g/mol. The highest BCUT2D eigenvalue weighted by Crippen LogP contribution is 2.24. The SMILES string of the molecule is CC[C@@H](C)NC(=O)CNS(=O)(=O)c1cc(Cl)ccc1Cl. The van der Waals surface area contributed by atoms with Crippen LogP contribution >= 0.6 is 23.2 Å². The average Bonchev–Trinajstić information content (AvgIpc) is 2.39. The van der Waals surface area contributed by atoms with Crippen LogP contribution < -0.4 is 10.0 Å². The fraction of sp³-hybridized carbons (Fsp3) is 0.417. The van der Waals surface area contributed by atoms with Crippen LogP contribution in [0.15, 0.2) is 23.1 Å². The van der Waals surface area contributed by atoms with Gasteiger partial charge < -0.3 is 5.32 Å². The molecule has 0 aromatic heterocycles. The Morgan fingerprint density at radius 2 is 2.00 bits per heavy atom. The van der Waals surface area contributed by atoms with Crippen molar-refractivity contribution in [2.75, 3.05) is 6.54 Å². The van der Waals surface area contributed by atoms with Crippen molar-refractivity contribution in [3.63, 3.8) is 0 Å². The summed E-state index contributed by atoms with van der Waals surface area (Å²) in [6, 6.07) is 4.09. The van der Waals surface area contributed by atoms with Crippen molar-refractivity contribution in [3.05, 3.63) is 28.2 Å². The van der Waals surface area contributed by atoms with Crippen LogP contribution in [-0.2, 0) is 14.8 Å². The lowest BCUT2D eigenvalue weighted by Crippen LogP contribution is -2.40. The Morgan fingerprint density at radius 1 is 1.35 bits per heavy atom. The van der Waals surface area contributed by atoms with Gasteiger partial charge in [-0.05, 0) is 31.5 Å². The number of benzene rings is 1. The molecule has 0 fully saturated rings. The van der Waals surface area contributed by atoms with Crippen LogP contribution in [-0.4, -0.2) is 26.9 Å². The third kappa shape index (κ3) is 4.94. The van der Waals surface area contributed by atoms with Crippen LogP contribution in [0.4, 0.5) is 0 Å². The van der Waals surface area contributed by atoms with Gasteiger partial charge in [0, 0.05) is 11.1 Å². The summed E-state index contributed by atoms with van der Waals surface area (Å²) in [5.41, 5.74) is 0. The third-order valence-corrected chi connectivity index (χ3v) is 4.74. The zero-order valence-corrected chi connectivity index (χ0v) is 13.4. The van der Waals surface area contributed by atoms with Gasteiger partial charge in [0.25, 0.3) is 0 Å². The van der Waals surface area contributed by atoms with Crippen molar-refractivity contribution in [2.45, 2.75) is 31.2 Å². The maximum absolute atomic E-state index is 12.0. The van der Waals surface area contributed by atoms with Gasteiger partial charge in [0.1, 0.15) is 4.90 Å². The highest BCUT2D eigenvalue weighted by Gasteiger charge is 2.19. The van der Waals surface area contributed by atoms with Crippen LogP contribution in [0.2, 0.25) is 10.0 Å². The minimum Gasteiger partial charge on any atom is -0.353 e. The molecule has 20 heavy (non-hydrogen) atoms. The van der Waals surface area contributed by atoms with Crippen LogP contribution in [0.5, 0.6) is 0 Å². The molecule has 1 aromatic rings. The Balaban J connectivity index is 2.76. The molecule has 0 aliphatic carbocycles. The highest BCUT2D eigenvalue weighted by atomic mass is 35.5. The van der Waals surface area contributed by atoms with Crippen LogP contribution in [0, 0.1) is 0 Å². The minimum absolute atomic E-state index is 0.0123. The van der Waals surface area contributed by atoms with Crippen molar-refractivity contribution in [3.8, 4) is 0 Å². The number of halogens is 2. The molecule has 0 saturated carbocycles. The first-order valence-corrected chi connectivity index (χ1v) is 8.24. The lowest BCUT2D eigenvalue weighted by molar-refractivity contribution is -0.120. The molecular weight excluding hydrogens is 323 g/mol. The second-order valence-corrected chi connectivity index (χ2v) is 6.86. The lowest BCUT2D eigenvalue weighted by atomic mass is 10.2. The Morgan fingerprint density at radius 3 is 2.60 bits per heavy atom. The molecule has 0 unspecified atom stereocenters. The highest BCUT2D eigenvalue weighted by molar-refractivity contribution is 7.89. The normalized spacial score (nSPS) is 13.0. The molecular formula is C12H16Cl2N2O3S. The van der Waals surface area contributed by atoms with Gasteiger partial charge in [0.2, 0.25) is 15.9 Å². The Hall–Kier alpha value is -0.820. The predicted molar refractivity (Wildman–Crippen MR) is 79.5 cm³/mol. The van der Waals surface area contributed by atoms with Crippen LogP contribution in [0.1, 0.15) is 20.3 Å². The zero-order valence-electron chi connectivity index (χ0n) is 11.1. The second kappa shape index (κ2) is 7.26. The summed E-state index contributed by atoms with van der Waals surface area (Å²) >= 11 is 11.6. The number of rotatable bonds is 6. The van der Waals surface area contributed by atoms with Gasteiger partial charge in [-0.3, -0.25) is 4.79 Å². The molecule has 0 aliphatic rings. The van der Waals surface area contributed by atoms with Gasteiger partial charge in [-0.2, -0.15) is 0 Å². The fourth-order valence-electron chi connectivity index (χ4n) is 1.35. The van der Waals surface area contributed by atoms with E-state index in [1.165, 1.54) is 18.2 Å². The number of carbonyl (C=O) groups is 1. The molecule has 1 aromatic carbocycles. The second-order valence-electron chi connectivity index (χ2n) is 4.28. The molecule has 2 N–H and O–H groups in total.